The molecule has 2 heterocycles. The van der Waals surface area contributed by atoms with Gasteiger partial charge in [0.05, 0.1) is 19.8 Å². The van der Waals surface area contributed by atoms with Crippen LogP contribution in [0.1, 0.15) is 51.0 Å². The van der Waals surface area contributed by atoms with Gasteiger partial charge in [0.15, 0.2) is 5.96 Å². The summed E-state index contributed by atoms with van der Waals surface area (Å²) in [6.45, 7) is 7.61. The predicted octanol–water partition coefficient (Wildman–Crippen LogP) is 3.52. The van der Waals surface area contributed by atoms with Crippen LogP contribution in [-0.2, 0) is 16.0 Å². The van der Waals surface area contributed by atoms with Gasteiger partial charge < -0.3 is 24.8 Å². The highest BCUT2D eigenvalue weighted by Gasteiger charge is 2.17. The van der Waals surface area contributed by atoms with Gasteiger partial charge in [-0.1, -0.05) is 6.07 Å². The van der Waals surface area contributed by atoms with Crippen LogP contribution in [0, 0.1) is 5.92 Å². The Morgan fingerprint density at radius 2 is 2.10 bits per heavy atom. The van der Waals surface area contributed by atoms with E-state index in [1.807, 2.05) is 18.3 Å². The molecular formula is C22H37IN4O3. The zero-order valence-electron chi connectivity index (χ0n) is 18.1. The summed E-state index contributed by atoms with van der Waals surface area (Å²) in [5.41, 5.74) is 1.07. The van der Waals surface area contributed by atoms with Crippen molar-refractivity contribution >= 4 is 29.9 Å². The van der Waals surface area contributed by atoms with E-state index >= 15 is 0 Å². The van der Waals surface area contributed by atoms with Crippen LogP contribution < -0.4 is 15.4 Å². The first-order chi connectivity index (χ1) is 14.3. The molecule has 1 unspecified atom stereocenters. The lowest BCUT2D eigenvalue weighted by Crippen LogP contribution is -2.38. The van der Waals surface area contributed by atoms with Crippen molar-refractivity contribution in [1.82, 2.24) is 15.6 Å². The second kappa shape index (κ2) is 14.8. The topological polar surface area (TPSA) is 77.0 Å². The third-order valence-corrected chi connectivity index (χ3v) is 5.29. The number of rotatable bonds is 11. The average molecular weight is 532 g/mol. The van der Waals surface area contributed by atoms with Crippen molar-refractivity contribution in [2.75, 3.05) is 39.5 Å². The number of aromatic nitrogens is 1. The molecule has 7 nitrogen and oxygen atoms in total. The molecule has 0 aromatic carbocycles. The van der Waals surface area contributed by atoms with E-state index in [0.717, 1.165) is 82.6 Å². The first-order valence-electron chi connectivity index (χ1n) is 11.1. The third-order valence-electron chi connectivity index (χ3n) is 5.29. The molecule has 1 aliphatic carbocycles. The maximum absolute atomic E-state index is 5.92. The number of nitrogens with zero attached hydrogens (tertiary/aromatic N) is 2. The molecule has 8 heteroatoms. The fourth-order valence-corrected chi connectivity index (χ4v) is 3.61. The van der Waals surface area contributed by atoms with Gasteiger partial charge in [-0.3, -0.25) is 0 Å². The smallest absolute Gasteiger partial charge is 0.213 e. The van der Waals surface area contributed by atoms with Crippen LogP contribution in [0.3, 0.4) is 0 Å². The summed E-state index contributed by atoms with van der Waals surface area (Å²) >= 11 is 0. The van der Waals surface area contributed by atoms with Crippen LogP contribution in [0.25, 0.3) is 0 Å². The van der Waals surface area contributed by atoms with Gasteiger partial charge in [-0.25, -0.2) is 9.98 Å². The molecule has 1 saturated carbocycles. The highest BCUT2D eigenvalue weighted by molar-refractivity contribution is 14.0. The Kier molecular flexibility index (Phi) is 12.4. The summed E-state index contributed by atoms with van der Waals surface area (Å²) in [6.07, 6.45) is 9.09. The average Bonchev–Trinajstić information content (AvgIpc) is 3.44. The Morgan fingerprint density at radius 1 is 1.23 bits per heavy atom. The normalized spacial score (nSPS) is 19.5. The van der Waals surface area contributed by atoms with Crippen LogP contribution in [0.5, 0.6) is 5.88 Å². The summed E-state index contributed by atoms with van der Waals surface area (Å²) < 4.78 is 17.0. The molecule has 3 rings (SSSR count). The Balaban J connectivity index is 0.00000320. The minimum atomic E-state index is 0. The lowest BCUT2D eigenvalue weighted by Gasteiger charge is -2.13. The van der Waals surface area contributed by atoms with Crippen molar-refractivity contribution < 1.29 is 14.2 Å². The Bertz CT molecular complexity index is 603. The van der Waals surface area contributed by atoms with Crippen LogP contribution in [-0.4, -0.2) is 56.6 Å². The quantitative estimate of drug-likeness (QED) is 0.197. The molecule has 1 aromatic rings. The first-order valence-corrected chi connectivity index (χ1v) is 11.1. The fraction of sp³-hybridized carbons (Fsp3) is 0.727. The molecule has 1 aliphatic heterocycles. The highest BCUT2D eigenvalue weighted by Crippen LogP contribution is 2.22. The molecule has 0 spiro atoms. The fourth-order valence-electron chi connectivity index (χ4n) is 3.61. The molecule has 170 valence electrons. The maximum atomic E-state index is 5.92. The summed E-state index contributed by atoms with van der Waals surface area (Å²) in [6, 6.07) is 4.00. The van der Waals surface area contributed by atoms with E-state index in [1.165, 1.54) is 12.8 Å². The van der Waals surface area contributed by atoms with E-state index in [9.17, 15) is 0 Å². The molecule has 0 amide bonds. The summed E-state index contributed by atoms with van der Waals surface area (Å²) in [4.78, 5) is 9.09. The van der Waals surface area contributed by atoms with Crippen molar-refractivity contribution in [1.29, 1.82) is 0 Å². The lowest BCUT2D eigenvalue weighted by molar-refractivity contribution is 0.0888. The number of ether oxygens (including phenoxy) is 3. The number of halogens is 1. The van der Waals surface area contributed by atoms with Gasteiger partial charge in [0.2, 0.25) is 5.88 Å². The number of hydrogen-bond acceptors (Lipinski definition) is 5. The minimum Gasteiger partial charge on any atom is -0.474 e. The highest BCUT2D eigenvalue weighted by atomic mass is 127. The molecule has 0 radical (unpaired) electrons. The summed E-state index contributed by atoms with van der Waals surface area (Å²) in [7, 11) is 0. The van der Waals surface area contributed by atoms with Gasteiger partial charge >= 0.3 is 0 Å². The number of nitrogens with one attached hydrogen (secondary N) is 2. The molecule has 0 bridgehead atoms. The van der Waals surface area contributed by atoms with Gasteiger partial charge in [-0.05, 0) is 51.0 Å². The molecule has 2 fully saturated rings. The maximum Gasteiger partial charge on any atom is 0.213 e. The minimum absolute atomic E-state index is 0. The van der Waals surface area contributed by atoms with Crippen molar-refractivity contribution in [2.45, 2.75) is 58.1 Å². The number of guanidine groups is 1. The van der Waals surface area contributed by atoms with E-state index in [4.69, 9.17) is 14.2 Å². The number of pyridine rings is 1. The molecule has 1 atom stereocenters. The van der Waals surface area contributed by atoms with Crippen LogP contribution in [0.2, 0.25) is 0 Å². The van der Waals surface area contributed by atoms with Crippen LogP contribution >= 0.6 is 24.0 Å². The van der Waals surface area contributed by atoms with Gasteiger partial charge in [-0.15, -0.1) is 24.0 Å². The SMILES string of the molecule is CCNC(=NCc1ccc(OC2CCCC2)nc1)NCCCOCC1CCOC1.I. The van der Waals surface area contributed by atoms with Gasteiger partial charge in [-0.2, -0.15) is 0 Å². The van der Waals surface area contributed by atoms with E-state index in [2.05, 4.69) is 27.5 Å². The summed E-state index contributed by atoms with van der Waals surface area (Å²) in [5.74, 6) is 2.12. The van der Waals surface area contributed by atoms with Crippen LogP contribution in [0.15, 0.2) is 23.3 Å². The molecule has 2 aliphatic rings. The van der Waals surface area contributed by atoms with Gasteiger partial charge in [0.25, 0.3) is 0 Å². The zero-order chi connectivity index (χ0) is 20.2. The van der Waals surface area contributed by atoms with Gasteiger partial charge in [0, 0.05) is 44.5 Å². The summed E-state index contributed by atoms with van der Waals surface area (Å²) in [5, 5.41) is 6.65. The standard InChI is InChI=1S/C22H36N4O3.HI/c1-2-23-22(24-11-5-12-27-16-19-10-13-28-17-19)26-15-18-8-9-21(25-14-18)29-20-6-3-4-7-20;/h8-9,14,19-20H,2-7,10-13,15-17H2,1H3,(H2,23,24,26);1H. The molecule has 30 heavy (non-hydrogen) atoms. The van der Waals surface area contributed by atoms with Crippen molar-refractivity contribution in [3.05, 3.63) is 23.9 Å². The molecular weight excluding hydrogens is 495 g/mol. The Hall–Kier alpha value is -1.13. The zero-order valence-corrected chi connectivity index (χ0v) is 20.4. The van der Waals surface area contributed by atoms with Gasteiger partial charge in [0.1, 0.15) is 6.10 Å². The molecule has 2 N–H and O–H groups in total. The number of hydrogen-bond donors (Lipinski definition) is 2. The van der Waals surface area contributed by atoms with E-state index in [-0.39, 0.29) is 24.0 Å². The van der Waals surface area contributed by atoms with Crippen molar-refractivity contribution in [3.8, 4) is 5.88 Å². The van der Waals surface area contributed by atoms with Crippen molar-refractivity contribution in [3.63, 3.8) is 0 Å². The molecule has 1 aromatic heterocycles. The second-order valence-electron chi connectivity index (χ2n) is 7.81. The van der Waals surface area contributed by atoms with Crippen LogP contribution in [0.4, 0.5) is 0 Å². The van der Waals surface area contributed by atoms with E-state index < -0.39 is 0 Å². The van der Waals surface area contributed by atoms with E-state index in [1.54, 1.807) is 0 Å². The Labute approximate surface area is 197 Å². The second-order valence-corrected chi connectivity index (χ2v) is 7.81. The molecule has 1 saturated heterocycles. The predicted molar refractivity (Wildman–Crippen MR) is 130 cm³/mol. The third kappa shape index (κ3) is 9.34. The van der Waals surface area contributed by atoms with E-state index in [0.29, 0.717) is 18.6 Å². The first kappa shape index (κ1) is 25.1. The monoisotopic (exact) mass is 532 g/mol. The Morgan fingerprint density at radius 3 is 2.80 bits per heavy atom. The number of aliphatic imine (C=N–C) groups is 1. The lowest BCUT2D eigenvalue weighted by atomic mass is 10.1. The van der Waals surface area contributed by atoms with Crippen molar-refractivity contribution in [2.24, 2.45) is 10.9 Å². The largest absolute Gasteiger partial charge is 0.474 e.